The maximum absolute atomic E-state index is 11.2. The summed E-state index contributed by atoms with van der Waals surface area (Å²) in [5.41, 5.74) is 4.80. The highest BCUT2D eigenvalue weighted by Crippen LogP contribution is 2.26. The van der Waals surface area contributed by atoms with Crippen LogP contribution in [-0.4, -0.2) is 12.0 Å². The van der Waals surface area contributed by atoms with E-state index in [1.54, 1.807) is 6.92 Å². The highest BCUT2D eigenvalue weighted by atomic mass is 16.5. The van der Waals surface area contributed by atoms with Crippen LogP contribution in [0.2, 0.25) is 0 Å². The molecule has 0 unspecified atom stereocenters. The van der Waals surface area contributed by atoms with Crippen LogP contribution in [0.25, 0.3) is 0 Å². The largest absolute Gasteiger partial charge is 0.481 e. The van der Waals surface area contributed by atoms with E-state index in [0.717, 1.165) is 18.6 Å². The van der Waals surface area contributed by atoms with Gasteiger partial charge in [0.1, 0.15) is 5.75 Å². The number of hydrogen-bond acceptors (Lipinski definition) is 3. The smallest absolute Gasteiger partial charge is 0.274 e. The molecular weight excluding hydrogens is 204 g/mol. The minimum Gasteiger partial charge on any atom is -0.481 e. The van der Waals surface area contributed by atoms with E-state index in [4.69, 9.17) is 10.6 Å². The third-order valence-electron chi connectivity index (χ3n) is 2.89. The zero-order chi connectivity index (χ0) is 11.5. The summed E-state index contributed by atoms with van der Waals surface area (Å²) in [6.07, 6.45) is 2.89. The summed E-state index contributed by atoms with van der Waals surface area (Å²) in [4.78, 5) is 11.2. The number of aryl methyl sites for hydroxylation is 2. The van der Waals surface area contributed by atoms with Crippen LogP contribution in [0.4, 0.5) is 0 Å². The summed E-state index contributed by atoms with van der Waals surface area (Å²) in [5.74, 6) is 5.45. The number of hydrazine groups is 1. The lowest BCUT2D eigenvalue weighted by molar-refractivity contribution is -0.127. The molecule has 0 spiro atoms. The molecule has 1 aromatic rings. The number of benzene rings is 1. The molecule has 0 saturated carbocycles. The highest BCUT2D eigenvalue weighted by Gasteiger charge is 2.15. The first-order valence-corrected chi connectivity index (χ1v) is 5.49. The molecule has 0 heterocycles. The second-order valence-corrected chi connectivity index (χ2v) is 4.05. The summed E-state index contributed by atoms with van der Waals surface area (Å²) in [5, 5.41) is 0. The summed E-state index contributed by atoms with van der Waals surface area (Å²) >= 11 is 0. The van der Waals surface area contributed by atoms with Crippen molar-refractivity contribution in [3.05, 3.63) is 29.3 Å². The lowest BCUT2D eigenvalue weighted by Crippen LogP contribution is -2.40. The molecule has 3 N–H and O–H groups in total. The number of nitrogens with two attached hydrogens (primary N) is 1. The van der Waals surface area contributed by atoms with Gasteiger partial charge in [-0.1, -0.05) is 6.07 Å². The molecule has 0 radical (unpaired) electrons. The van der Waals surface area contributed by atoms with E-state index in [-0.39, 0.29) is 5.91 Å². The predicted molar refractivity (Wildman–Crippen MR) is 60.9 cm³/mol. The molecule has 0 bridgehead atoms. The number of amides is 1. The van der Waals surface area contributed by atoms with Crippen molar-refractivity contribution < 1.29 is 9.53 Å². The first kappa shape index (κ1) is 11.0. The number of ether oxygens (including phenoxy) is 1. The van der Waals surface area contributed by atoms with Gasteiger partial charge in [0, 0.05) is 0 Å². The molecule has 1 aromatic carbocycles. The number of fused-ring (bicyclic) bond motifs is 1. The Kier molecular flexibility index (Phi) is 3.10. The SMILES string of the molecule is C[C@H](Oc1ccc2c(c1)CCC2)C(=O)NN. The predicted octanol–water partition coefficient (Wildman–Crippen LogP) is 0.932. The number of carbonyl (C=O) groups is 1. The highest BCUT2D eigenvalue weighted by molar-refractivity contribution is 5.80. The molecule has 0 aromatic heterocycles. The average Bonchev–Trinajstić information content (AvgIpc) is 2.75. The number of hydrogen-bond donors (Lipinski definition) is 2. The van der Waals surface area contributed by atoms with Crippen molar-refractivity contribution in [2.75, 3.05) is 0 Å². The molecule has 4 heteroatoms. The first-order chi connectivity index (χ1) is 7.70. The zero-order valence-corrected chi connectivity index (χ0v) is 9.32. The van der Waals surface area contributed by atoms with Crippen LogP contribution in [0.1, 0.15) is 24.5 Å². The van der Waals surface area contributed by atoms with Gasteiger partial charge in [-0.2, -0.15) is 0 Å². The van der Waals surface area contributed by atoms with Crippen molar-refractivity contribution in [2.24, 2.45) is 5.84 Å². The Bertz CT molecular complexity index is 404. The van der Waals surface area contributed by atoms with Crippen molar-refractivity contribution >= 4 is 5.91 Å². The zero-order valence-electron chi connectivity index (χ0n) is 9.32. The van der Waals surface area contributed by atoms with Gasteiger partial charge in [0.05, 0.1) is 0 Å². The normalized spacial score (nSPS) is 15.4. The second-order valence-electron chi connectivity index (χ2n) is 4.05. The Hall–Kier alpha value is -1.55. The average molecular weight is 220 g/mol. The van der Waals surface area contributed by atoms with Gasteiger partial charge in [-0.15, -0.1) is 0 Å². The minimum atomic E-state index is -0.565. The van der Waals surface area contributed by atoms with Crippen molar-refractivity contribution in [3.63, 3.8) is 0 Å². The molecule has 16 heavy (non-hydrogen) atoms. The van der Waals surface area contributed by atoms with Crippen LogP contribution >= 0.6 is 0 Å². The van der Waals surface area contributed by atoms with Crippen LogP contribution in [0.15, 0.2) is 18.2 Å². The third-order valence-corrected chi connectivity index (χ3v) is 2.89. The number of rotatable bonds is 3. The molecule has 0 fully saturated rings. The van der Waals surface area contributed by atoms with Gasteiger partial charge in [-0.05, 0) is 49.4 Å². The lowest BCUT2D eigenvalue weighted by Gasteiger charge is -2.13. The van der Waals surface area contributed by atoms with Crippen LogP contribution < -0.4 is 16.0 Å². The lowest BCUT2D eigenvalue weighted by atomic mass is 10.1. The van der Waals surface area contributed by atoms with Crippen molar-refractivity contribution in [2.45, 2.75) is 32.3 Å². The molecular formula is C12H16N2O2. The summed E-state index contributed by atoms with van der Waals surface area (Å²) in [6.45, 7) is 1.68. The minimum absolute atomic E-state index is 0.319. The van der Waals surface area contributed by atoms with E-state index in [1.165, 1.54) is 17.5 Å². The number of carbonyl (C=O) groups excluding carboxylic acids is 1. The van der Waals surface area contributed by atoms with Crippen molar-refractivity contribution in [1.82, 2.24) is 5.43 Å². The van der Waals surface area contributed by atoms with E-state index < -0.39 is 6.10 Å². The van der Waals surface area contributed by atoms with Gasteiger partial charge >= 0.3 is 0 Å². The second kappa shape index (κ2) is 4.53. The van der Waals surface area contributed by atoms with Gasteiger partial charge in [0.2, 0.25) is 0 Å². The monoisotopic (exact) mass is 220 g/mol. The van der Waals surface area contributed by atoms with Crippen LogP contribution in [0.3, 0.4) is 0 Å². The van der Waals surface area contributed by atoms with Gasteiger partial charge in [0.15, 0.2) is 6.10 Å². The van der Waals surface area contributed by atoms with Gasteiger partial charge < -0.3 is 4.74 Å². The van der Waals surface area contributed by atoms with Gasteiger partial charge in [-0.3, -0.25) is 10.2 Å². The van der Waals surface area contributed by atoms with Crippen LogP contribution in [0.5, 0.6) is 5.75 Å². The Morgan fingerprint density at radius 2 is 2.19 bits per heavy atom. The molecule has 86 valence electrons. The number of nitrogens with one attached hydrogen (secondary N) is 1. The fourth-order valence-electron chi connectivity index (χ4n) is 2.00. The Labute approximate surface area is 94.8 Å². The Balaban J connectivity index is 2.08. The van der Waals surface area contributed by atoms with E-state index in [9.17, 15) is 4.79 Å². The van der Waals surface area contributed by atoms with Crippen LogP contribution in [0, 0.1) is 0 Å². The molecule has 4 nitrogen and oxygen atoms in total. The van der Waals surface area contributed by atoms with Crippen LogP contribution in [-0.2, 0) is 17.6 Å². The van der Waals surface area contributed by atoms with Crippen molar-refractivity contribution in [1.29, 1.82) is 0 Å². The quantitative estimate of drug-likeness (QED) is 0.452. The fraction of sp³-hybridized carbons (Fsp3) is 0.417. The van der Waals surface area contributed by atoms with Gasteiger partial charge in [-0.25, -0.2) is 5.84 Å². The molecule has 1 amide bonds. The molecule has 1 atom stereocenters. The summed E-state index contributed by atoms with van der Waals surface area (Å²) in [7, 11) is 0. The fourth-order valence-corrected chi connectivity index (χ4v) is 2.00. The summed E-state index contributed by atoms with van der Waals surface area (Å²) in [6, 6.07) is 6.00. The van der Waals surface area contributed by atoms with E-state index in [1.807, 2.05) is 12.1 Å². The molecule has 1 aliphatic rings. The molecule has 1 aliphatic carbocycles. The Morgan fingerprint density at radius 3 is 2.94 bits per heavy atom. The van der Waals surface area contributed by atoms with E-state index in [2.05, 4.69) is 11.5 Å². The molecule has 0 saturated heterocycles. The topological polar surface area (TPSA) is 64.3 Å². The molecule has 0 aliphatic heterocycles. The first-order valence-electron chi connectivity index (χ1n) is 5.49. The van der Waals surface area contributed by atoms with Crippen molar-refractivity contribution in [3.8, 4) is 5.75 Å². The Morgan fingerprint density at radius 1 is 1.44 bits per heavy atom. The third kappa shape index (κ3) is 2.17. The summed E-state index contributed by atoms with van der Waals surface area (Å²) < 4.78 is 5.50. The van der Waals surface area contributed by atoms with Gasteiger partial charge in [0.25, 0.3) is 5.91 Å². The van der Waals surface area contributed by atoms with E-state index in [0.29, 0.717) is 0 Å². The maximum atomic E-state index is 11.2. The standard InChI is InChI=1S/C12H16N2O2/c1-8(12(15)14-13)16-11-6-5-9-3-2-4-10(9)7-11/h5-8H,2-4,13H2,1H3,(H,14,15)/t8-/m0/s1. The maximum Gasteiger partial charge on any atom is 0.274 e. The van der Waals surface area contributed by atoms with E-state index >= 15 is 0 Å². The molecule has 2 rings (SSSR count).